The van der Waals surface area contributed by atoms with Crippen molar-refractivity contribution in [3.63, 3.8) is 0 Å². The highest BCUT2D eigenvalue weighted by atomic mass is 16.3. The summed E-state index contributed by atoms with van der Waals surface area (Å²) in [6, 6.07) is 17.4. The normalized spacial score (nSPS) is 10.9. The van der Waals surface area contributed by atoms with Gasteiger partial charge in [0.2, 0.25) is 0 Å². The molecule has 5 nitrogen and oxygen atoms in total. The van der Waals surface area contributed by atoms with Crippen molar-refractivity contribution in [1.82, 2.24) is 9.97 Å². The minimum atomic E-state index is -0.529. The number of hydrogen-bond donors (Lipinski definition) is 1. The molecule has 0 bridgehead atoms. The molecule has 4 aromatic rings. The van der Waals surface area contributed by atoms with Crippen molar-refractivity contribution in [2.75, 3.05) is 0 Å². The van der Waals surface area contributed by atoms with Gasteiger partial charge in [-0.3, -0.25) is 4.79 Å². The van der Waals surface area contributed by atoms with Gasteiger partial charge in [-0.1, -0.05) is 36.4 Å². The first kappa shape index (κ1) is 15.1. The summed E-state index contributed by atoms with van der Waals surface area (Å²) in [5.41, 5.74) is 9.19. The molecule has 25 heavy (non-hydrogen) atoms. The first-order chi connectivity index (χ1) is 12.2. The molecule has 0 fully saturated rings. The second kappa shape index (κ2) is 6.20. The molecule has 0 aliphatic rings. The molecule has 2 aromatic carbocycles. The molecule has 122 valence electrons. The van der Waals surface area contributed by atoms with E-state index in [4.69, 9.17) is 10.2 Å². The van der Waals surface area contributed by atoms with Crippen molar-refractivity contribution in [3.05, 3.63) is 83.9 Å². The van der Waals surface area contributed by atoms with Gasteiger partial charge in [-0.2, -0.15) is 0 Å². The molecule has 4 rings (SSSR count). The highest BCUT2D eigenvalue weighted by Gasteiger charge is 2.14. The number of aromatic nitrogens is 2. The van der Waals surface area contributed by atoms with Crippen LogP contribution in [0.15, 0.2) is 71.5 Å². The molecule has 0 spiro atoms. The summed E-state index contributed by atoms with van der Waals surface area (Å²) in [7, 11) is 0. The van der Waals surface area contributed by atoms with Crippen LogP contribution < -0.4 is 5.73 Å². The fourth-order valence-corrected chi connectivity index (χ4v) is 2.80. The van der Waals surface area contributed by atoms with Gasteiger partial charge in [0.05, 0.1) is 17.5 Å². The Hall–Kier alpha value is -3.47. The minimum absolute atomic E-state index is 0.340. The lowest BCUT2D eigenvalue weighted by Gasteiger charge is -2.08. The highest BCUT2D eigenvalue weighted by molar-refractivity contribution is 5.94. The summed E-state index contributed by atoms with van der Waals surface area (Å²) in [5.74, 6) is 0.0454. The van der Waals surface area contributed by atoms with E-state index in [0.29, 0.717) is 23.5 Å². The number of furan rings is 1. The van der Waals surface area contributed by atoms with Crippen LogP contribution in [0.3, 0.4) is 0 Å². The first-order valence-electron chi connectivity index (χ1n) is 7.88. The second-order valence-corrected chi connectivity index (χ2v) is 5.75. The number of nitrogens with zero attached hydrogens (tertiary/aromatic N) is 2. The average molecular weight is 329 g/mol. The SMILES string of the molecule is NC(=O)c1cnc(-c2ccccc2)nc1Cc1ccc2occc2c1. The molecule has 0 aliphatic heterocycles. The predicted octanol–water partition coefficient (Wildman–Crippen LogP) is 3.58. The molecule has 0 unspecified atom stereocenters. The third-order valence-electron chi connectivity index (χ3n) is 4.05. The summed E-state index contributed by atoms with van der Waals surface area (Å²) < 4.78 is 5.36. The third kappa shape index (κ3) is 2.99. The minimum Gasteiger partial charge on any atom is -0.464 e. The zero-order valence-corrected chi connectivity index (χ0v) is 13.3. The van der Waals surface area contributed by atoms with Gasteiger partial charge < -0.3 is 10.2 Å². The van der Waals surface area contributed by atoms with E-state index in [1.54, 1.807) is 6.26 Å². The Morgan fingerprint density at radius 2 is 1.92 bits per heavy atom. The van der Waals surface area contributed by atoms with Gasteiger partial charge >= 0.3 is 0 Å². The lowest BCUT2D eigenvalue weighted by Crippen LogP contribution is -2.16. The molecular weight excluding hydrogens is 314 g/mol. The average Bonchev–Trinajstić information content (AvgIpc) is 3.10. The molecule has 0 atom stereocenters. The Morgan fingerprint density at radius 1 is 1.08 bits per heavy atom. The number of amides is 1. The molecule has 1 amide bonds. The van der Waals surface area contributed by atoms with E-state index in [0.717, 1.165) is 22.1 Å². The fraction of sp³-hybridized carbons (Fsp3) is 0.0500. The van der Waals surface area contributed by atoms with Crippen LogP contribution in [0.25, 0.3) is 22.4 Å². The summed E-state index contributed by atoms with van der Waals surface area (Å²) >= 11 is 0. The quantitative estimate of drug-likeness (QED) is 0.620. The number of carbonyl (C=O) groups is 1. The zero-order chi connectivity index (χ0) is 17.2. The van der Waals surface area contributed by atoms with E-state index in [2.05, 4.69) is 9.97 Å². The largest absolute Gasteiger partial charge is 0.464 e. The zero-order valence-electron chi connectivity index (χ0n) is 13.3. The smallest absolute Gasteiger partial charge is 0.252 e. The molecule has 0 saturated carbocycles. The Balaban J connectivity index is 1.76. The maximum atomic E-state index is 11.8. The van der Waals surface area contributed by atoms with Crippen LogP contribution >= 0.6 is 0 Å². The maximum Gasteiger partial charge on any atom is 0.252 e. The maximum absolute atomic E-state index is 11.8. The van der Waals surface area contributed by atoms with E-state index >= 15 is 0 Å². The van der Waals surface area contributed by atoms with E-state index in [-0.39, 0.29) is 0 Å². The van der Waals surface area contributed by atoms with Gasteiger partial charge in [0, 0.05) is 23.6 Å². The van der Waals surface area contributed by atoms with Crippen LogP contribution in [0.4, 0.5) is 0 Å². The molecule has 0 aliphatic carbocycles. The van der Waals surface area contributed by atoms with Crippen LogP contribution in [0.5, 0.6) is 0 Å². The Kier molecular flexibility index (Phi) is 3.74. The van der Waals surface area contributed by atoms with E-state index in [9.17, 15) is 4.79 Å². The topological polar surface area (TPSA) is 82.0 Å². The molecule has 2 N–H and O–H groups in total. The second-order valence-electron chi connectivity index (χ2n) is 5.75. The standard InChI is InChI=1S/C20H15N3O2/c21-19(24)16-12-22-20(14-4-2-1-3-5-14)23-17(16)11-13-6-7-18-15(10-13)8-9-25-18/h1-10,12H,11H2,(H2,21,24). The molecule has 2 aromatic heterocycles. The van der Waals surface area contributed by atoms with Crippen LogP contribution in [0, 0.1) is 0 Å². The van der Waals surface area contributed by atoms with Gasteiger partial charge in [-0.15, -0.1) is 0 Å². The lowest BCUT2D eigenvalue weighted by atomic mass is 10.0. The van der Waals surface area contributed by atoms with Crippen molar-refractivity contribution in [2.24, 2.45) is 5.73 Å². The van der Waals surface area contributed by atoms with E-state index in [1.807, 2.05) is 54.6 Å². The molecule has 0 radical (unpaired) electrons. The van der Waals surface area contributed by atoms with Gasteiger partial charge in [-0.25, -0.2) is 9.97 Å². The van der Waals surface area contributed by atoms with E-state index in [1.165, 1.54) is 6.20 Å². The molecule has 0 saturated heterocycles. The number of rotatable bonds is 4. The lowest BCUT2D eigenvalue weighted by molar-refractivity contribution is 0.0998. The summed E-state index contributed by atoms with van der Waals surface area (Å²) in [6.45, 7) is 0. The number of nitrogens with two attached hydrogens (primary N) is 1. The van der Waals surface area contributed by atoms with Gasteiger partial charge in [0.1, 0.15) is 5.58 Å². The number of hydrogen-bond acceptors (Lipinski definition) is 4. The Bertz CT molecular complexity index is 1050. The van der Waals surface area contributed by atoms with Crippen molar-refractivity contribution in [2.45, 2.75) is 6.42 Å². The molecule has 5 heteroatoms. The fourth-order valence-electron chi connectivity index (χ4n) is 2.80. The number of benzene rings is 2. The molecule has 2 heterocycles. The highest BCUT2D eigenvalue weighted by Crippen LogP contribution is 2.21. The Morgan fingerprint density at radius 3 is 2.72 bits per heavy atom. The first-order valence-corrected chi connectivity index (χ1v) is 7.88. The summed E-state index contributed by atoms with van der Waals surface area (Å²) in [6.07, 6.45) is 3.65. The monoisotopic (exact) mass is 329 g/mol. The van der Waals surface area contributed by atoms with Crippen LogP contribution in [-0.2, 0) is 6.42 Å². The van der Waals surface area contributed by atoms with Crippen LogP contribution in [-0.4, -0.2) is 15.9 Å². The Labute approximate surface area is 144 Å². The van der Waals surface area contributed by atoms with Crippen LogP contribution in [0.2, 0.25) is 0 Å². The summed E-state index contributed by atoms with van der Waals surface area (Å²) in [4.78, 5) is 20.6. The number of primary amides is 1. The van der Waals surface area contributed by atoms with Gasteiger partial charge in [0.25, 0.3) is 5.91 Å². The number of fused-ring (bicyclic) bond motifs is 1. The van der Waals surface area contributed by atoms with Crippen molar-refractivity contribution < 1.29 is 9.21 Å². The molecular formula is C20H15N3O2. The van der Waals surface area contributed by atoms with Gasteiger partial charge in [-0.05, 0) is 23.8 Å². The summed E-state index contributed by atoms with van der Waals surface area (Å²) in [5, 5.41) is 1.01. The predicted molar refractivity (Wildman–Crippen MR) is 95.0 cm³/mol. The third-order valence-corrected chi connectivity index (χ3v) is 4.05. The van der Waals surface area contributed by atoms with Gasteiger partial charge in [0.15, 0.2) is 5.82 Å². The van der Waals surface area contributed by atoms with Crippen LogP contribution in [0.1, 0.15) is 21.6 Å². The number of carbonyl (C=O) groups excluding carboxylic acids is 1. The van der Waals surface area contributed by atoms with Crippen molar-refractivity contribution in [1.29, 1.82) is 0 Å². The van der Waals surface area contributed by atoms with Crippen molar-refractivity contribution in [3.8, 4) is 11.4 Å². The van der Waals surface area contributed by atoms with E-state index < -0.39 is 5.91 Å². The van der Waals surface area contributed by atoms with Crippen molar-refractivity contribution >= 4 is 16.9 Å².